The number of hydrogen-bond donors (Lipinski definition) is 7. The number of imidazole rings is 1. The third-order valence-electron chi connectivity index (χ3n) is 5.18. The number of hydrogen-bond acceptors (Lipinski definition) is 7. The van der Waals surface area contributed by atoms with Crippen LogP contribution in [0.15, 0.2) is 12.5 Å². The van der Waals surface area contributed by atoms with Gasteiger partial charge in [-0.15, -0.1) is 0 Å². The molecule has 0 fully saturated rings. The van der Waals surface area contributed by atoms with Crippen molar-refractivity contribution >= 4 is 29.7 Å². The minimum absolute atomic E-state index is 0.00469. The van der Waals surface area contributed by atoms with Gasteiger partial charge in [0.15, 0.2) is 0 Å². The molecule has 0 aliphatic heterocycles. The molecule has 1 heterocycles. The van der Waals surface area contributed by atoms with Crippen molar-refractivity contribution in [3.05, 3.63) is 18.2 Å². The van der Waals surface area contributed by atoms with E-state index < -0.39 is 66.2 Å². The molecule has 0 radical (unpaired) electrons. The van der Waals surface area contributed by atoms with E-state index in [1.54, 1.807) is 13.8 Å². The number of nitrogens with one attached hydrogen (secondary N) is 4. The monoisotopic (exact) mass is 496 g/mol. The van der Waals surface area contributed by atoms with Crippen molar-refractivity contribution in [3.8, 4) is 0 Å². The lowest BCUT2D eigenvalue weighted by Gasteiger charge is -2.27. The standard InChI is InChI=1S/C22H36N6O7/c1-11(2)7-16(22(34)35)27-21(33)18(12(3)4)28-20(32)15(5-6-17(29)30)26-19(31)14(23)8-13-9-24-10-25-13/h9-12,14-16,18H,5-8,23H2,1-4H3,(H,24,25)(H,26,31)(H,27,33)(H,28,32)(H,29,30)(H,34,35). The number of aliphatic carboxylic acids is 2. The molecular weight excluding hydrogens is 460 g/mol. The van der Waals surface area contributed by atoms with Gasteiger partial charge in [0.05, 0.1) is 12.4 Å². The van der Waals surface area contributed by atoms with Gasteiger partial charge >= 0.3 is 11.9 Å². The molecule has 8 N–H and O–H groups in total. The highest BCUT2D eigenvalue weighted by molar-refractivity contribution is 5.94. The van der Waals surface area contributed by atoms with Crippen molar-refractivity contribution in [1.82, 2.24) is 25.9 Å². The molecule has 0 aliphatic carbocycles. The topological polar surface area (TPSA) is 217 Å². The zero-order valence-electron chi connectivity index (χ0n) is 20.4. The van der Waals surface area contributed by atoms with Crippen LogP contribution in [0.5, 0.6) is 0 Å². The fourth-order valence-electron chi connectivity index (χ4n) is 3.28. The number of carboxylic acid groups (broad SMARTS) is 2. The van der Waals surface area contributed by atoms with Gasteiger partial charge in [-0.3, -0.25) is 19.2 Å². The Balaban J connectivity index is 2.94. The largest absolute Gasteiger partial charge is 0.481 e. The second kappa shape index (κ2) is 14.0. The number of H-pyrrole nitrogens is 1. The molecule has 0 bridgehead atoms. The first kappa shape index (κ1) is 29.6. The number of nitrogens with two attached hydrogens (primary N) is 1. The molecule has 1 aromatic heterocycles. The van der Waals surface area contributed by atoms with Crippen LogP contribution < -0.4 is 21.7 Å². The molecule has 1 rings (SSSR count). The van der Waals surface area contributed by atoms with Crippen LogP contribution in [-0.4, -0.2) is 74.0 Å². The summed E-state index contributed by atoms with van der Waals surface area (Å²) in [6.07, 6.45) is 2.59. The Kier molecular flexibility index (Phi) is 11.9. The molecular formula is C22H36N6O7. The van der Waals surface area contributed by atoms with Gasteiger partial charge in [0.25, 0.3) is 0 Å². The van der Waals surface area contributed by atoms with E-state index in [4.69, 9.17) is 10.8 Å². The number of amides is 3. The van der Waals surface area contributed by atoms with E-state index >= 15 is 0 Å². The Hall–Kier alpha value is -3.48. The molecule has 3 amide bonds. The number of aromatic amines is 1. The fraction of sp³-hybridized carbons (Fsp3) is 0.636. The maximum Gasteiger partial charge on any atom is 0.326 e. The van der Waals surface area contributed by atoms with Crippen molar-refractivity contribution in [2.45, 2.75) is 77.5 Å². The molecule has 13 heteroatoms. The number of aromatic nitrogens is 2. The zero-order valence-corrected chi connectivity index (χ0v) is 20.4. The molecule has 0 aliphatic rings. The summed E-state index contributed by atoms with van der Waals surface area (Å²) in [5.74, 6) is -4.94. The van der Waals surface area contributed by atoms with Crippen molar-refractivity contribution in [2.75, 3.05) is 0 Å². The molecule has 4 atom stereocenters. The van der Waals surface area contributed by atoms with Gasteiger partial charge in [0.2, 0.25) is 17.7 Å². The molecule has 0 saturated carbocycles. The summed E-state index contributed by atoms with van der Waals surface area (Å²) in [5.41, 5.74) is 6.51. The van der Waals surface area contributed by atoms with Gasteiger partial charge in [-0.05, 0) is 24.7 Å². The Morgan fingerprint density at radius 1 is 0.971 bits per heavy atom. The first-order valence-electron chi connectivity index (χ1n) is 11.4. The van der Waals surface area contributed by atoms with Crippen molar-refractivity contribution < 1.29 is 34.2 Å². The van der Waals surface area contributed by atoms with Crippen LogP contribution in [0.25, 0.3) is 0 Å². The number of rotatable bonds is 15. The van der Waals surface area contributed by atoms with Gasteiger partial charge in [0, 0.05) is 24.7 Å². The quantitative estimate of drug-likeness (QED) is 0.164. The minimum Gasteiger partial charge on any atom is -0.481 e. The average molecular weight is 497 g/mol. The predicted molar refractivity (Wildman–Crippen MR) is 125 cm³/mol. The summed E-state index contributed by atoms with van der Waals surface area (Å²) in [4.78, 5) is 67.6. The van der Waals surface area contributed by atoms with Gasteiger partial charge in [-0.1, -0.05) is 27.7 Å². The highest BCUT2D eigenvalue weighted by atomic mass is 16.4. The Labute approximate surface area is 203 Å². The normalized spacial score (nSPS) is 14.6. The molecule has 35 heavy (non-hydrogen) atoms. The second-order valence-electron chi connectivity index (χ2n) is 9.14. The van der Waals surface area contributed by atoms with Crippen LogP contribution in [0.3, 0.4) is 0 Å². The second-order valence-corrected chi connectivity index (χ2v) is 9.14. The predicted octanol–water partition coefficient (Wildman–Crippen LogP) is -0.615. The molecule has 0 saturated heterocycles. The summed E-state index contributed by atoms with van der Waals surface area (Å²) in [6.45, 7) is 6.95. The highest BCUT2D eigenvalue weighted by Gasteiger charge is 2.32. The van der Waals surface area contributed by atoms with E-state index in [0.717, 1.165) is 0 Å². The van der Waals surface area contributed by atoms with E-state index in [9.17, 15) is 29.1 Å². The number of nitrogens with zero attached hydrogens (tertiary/aromatic N) is 1. The van der Waals surface area contributed by atoms with E-state index in [1.165, 1.54) is 12.5 Å². The van der Waals surface area contributed by atoms with E-state index in [0.29, 0.717) is 5.69 Å². The zero-order chi connectivity index (χ0) is 26.7. The molecule has 0 spiro atoms. The maximum atomic E-state index is 13.0. The molecule has 1 aromatic rings. The summed E-state index contributed by atoms with van der Waals surface area (Å²) >= 11 is 0. The fourth-order valence-corrected chi connectivity index (χ4v) is 3.28. The first-order valence-corrected chi connectivity index (χ1v) is 11.4. The summed E-state index contributed by atoms with van der Waals surface area (Å²) in [7, 11) is 0. The van der Waals surface area contributed by atoms with Crippen molar-refractivity contribution in [2.24, 2.45) is 17.6 Å². The van der Waals surface area contributed by atoms with Gasteiger partial charge < -0.3 is 36.9 Å². The minimum atomic E-state index is -1.27. The number of carbonyl (C=O) groups is 5. The Morgan fingerprint density at radius 2 is 1.60 bits per heavy atom. The van der Waals surface area contributed by atoms with Gasteiger partial charge in [-0.25, -0.2) is 9.78 Å². The van der Waals surface area contributed by atoms with Gasteiger partial charge in [0.1, 0.15) is 18.1 Å². The van der Waals surface area contributed by atoms with Crippen LogP contribution >= 0.6 is 0 Å². The lowest BCUT2D eigenvalue weighted by Crippen LogP contribution is -2.58. The van der Waals surface area contributed by atoms with Gasteiger partial charge in [-0.2, -0.15) is 0 Å². The molecule has 196 valence electrons. The van der Waals surface area contributed by atoms with Crippen molar-refractivity contribution in [1.29, 1.82) is 0 Å². The van der Waals surface area contributed by atoms with Crippen LogP contribution in [0.1, 0.15) is 52.7 Å². The Bertz CT molecular complexity index is 872. The first-order chi connectivity index (χ1) is 16.3. The van der Waals surface area contributed by atoms with Crippen molar-refractivity contribution in [3.63, 3.8) is 0 Å². The van der Waals surface area contributed by atoms with Crippen LogP contribution in [0, 0.1) is 11.8 Å². The third-order valence-corrected chi connectivity index (χ3v) is 5.18. The lowest BCUT2D eigenvalue weighted by molar-refractivity contribution is -0.143. The smallest absolute Gasteiger partial charge is 0.326 e. The van der Waals surface area contributed by atoms with E-state index in [2.05, 4.69) is 25.9 Å². The third kappa shape index (κ3) is 10.5. The molecule has 13 nitrogen and oxygen atoms in total. The Morgan fingerprint density at radius 3 is 2.09 bits per heavy atom. The SMILES string of the molecule is CC(C)CC(NC(=O)C(NC(=O)C(CCC(=O)O)NC(=O)C(N)Cc1cnc[nH]1)C(C)C)C(=O)O. The van der Waals surface area contributed by atoms with Crippen LogP contribution in [-0.2, 0) is 30.4 Å². The molecule has 4 unspecified atom stereocenters. The van der Waals surface area contributed by atoms with E-state index in [1.807, 2.05) is 13.8 Å². The number of carboxylic acids is 2. The average Bonchev–Trinajstić information content (AvgIpc) is 3.26. The van der Waals surface area contributed by atoms with Crippen LogP contribution in [0.2, 0.25) is 0 Å². The van der Waals surface area contributed by atoms with E-state index in [-0.39, 0.29) is 25.2 Å². The summed E-state index contributed by atoms with van der Waals surface area (Å²) in [6, 6.07) is -4.55. The maximum absolute atomic E-state index is 13.0. The molecule has 0 aromatic carbocycles. The van der Waals surface area contributed by atoms with Crippen LogP contribution in [0.4, 0.5) is 0 Å². The summed E-state index contributed by atoms with van der Waals surface area (Å²) < 4.78 is 0. The summed E-state index contributed by atoms with van der Waals surface area (Å²) in [5, 5.41) is 25.9. The highest BCUT2D eigenvalue weighted by Crippen LogP contribution is 2.09. The lowest BCUT2D eigenvalue weighted by atomic mass is 9.99. The number of carbonyl (C=O) groups excluding carboxylic acids is 3.